The van der Waals surface area contributed by atoms with Crippen LogP contribution >= 0.6 is 0 Å². The molecule has 2 rings (SSSR count). The quantitative estimate of drug-likeness (QED) is 0.813. The van der Waals surface area contributed by atoms with E-state index in [0.717, 1.165) is 24.3 Å². The fourth-order valence-electron chi connectivity index (χ4n) is 2.16. The molecule has 0 bridgehead atoms. The molecule has 0 aliphatic carbocycles. The SMILES string of the molecule is C[C@H](CCc1ccc(Oc2ccccc2)cc1)CC(=O)O. The first-order valence-electron chi connectivity index (χ1n) is 7.17. The molecular formula is C18H20O3. The molecule has 1 atom stereocenters. The maximum absolute atomic E-state index is 10.6. The molecule has 0 aliphatic rings. The second kappa shape index (κ2) is 7.48. The van der Waals surface area contributed by atoms with Crippen LogP contribution in [0.25, 0.3) is 0 Å². The minimum absolute atomic E-state index is 0.197. The van der Waals surface area contributed by atoms with Gasteiger partial charge in [-0.1, -0.05) is 37.3 Å². The van der Waals surface area contributed by atoms with Gasteiger partial charge in [0, 0.05) is 6.42 Å². The Bertz CT molecular complexity index is 561. The Kier molecular flexibility index (Phi) is 5.38. The highest BCUT2D eigenvalue weighted by Crippen LogP contribution is 2.22. The van der Waals surface area contributed by atoms with Crippen LogP contribution in [0.15, 0.2) is 54.6 Å². The van der Waals surface area contributed by atoms with Gasteiger partial charge in [-0.05, 0) is 48.6 Å². The zero-order valence-corrected chi connectivity index (χ0v) is 12.2. The summed E-state index contributed by atoms with van der Waals surface area (Å²) in [5.74, 6) is 1.10. The number of carbonyl (C=O) groups is 1. The van der Waals surface area contributed by atoms with E-state index in [1.54, 1.807) is 0 Å². The van der Waals surface area contributed by atoms with Gasteiger partial charge < -0.3 is 9.84 Å². The van der Waals surface area contributed by atoms with Gasteiger partial charge >= 0.3 is 5.97 Å². The Labute approximate surface area is 125 Å². The van der Waals surface area contributed by atoms with E-state index < -0.39 is 5.97 Å². The molecular weight excluding hydrogens is 264 g/mol. The van der Waals surface area contributed by atoms with Crippen molar-refractivity contribution in [3.63, 3.8) is 0 Å². The number of benzene rings is 2. The van der Waals surface area contributed by atoms with E-state index in [1.807, 2.05) is 61.5 Å². The number of rotatable bonds is 7. The topological polar surface area (TPSA) is 46.5 Å². The van der Waals surface area contributed by atoms with Gasteiger partial charge in [0.2, 0.25) is 0 Å². The molecule has 0 saturated carbocycles. The standard InChI is InChI=1S/C18H20O3/c1-14(13-18(19)20)7-8-15-9-11-17(12-10-15)21-16-5-3-2-4-6-16/h2-6,9-12,14H,7-8,13H2,1H3,(H,19,20)/t14-/m1/s1. The predicted octanol–water partition coefficient (Wildman–Crippen LogP) is 4.52. The van der Waals surface area contributed by atoms with Gasteiger partial charge in [0.15, 0.2) is 0 Å². The number of ether oxygens (including phenoxy) is 1. The molecule has 0 amide bonds. The summed E-state index contributed by atoms with van der Waals surface area (Å²) in [4.78, 5) is 10.6. The largest absolute Gasteiger partial charge is 0.481 e. The lowest BCUT2D eigenvalue weighted by Crippen LogP contribution is -2.05. The number of hydrogen-bond donors (Lipinski definition) is 1. The van der Waals surface area contributed by atoms with Gasteiger partial charge in [0.1, 0.15) is 11.5 Å². The van der Waals surface area contributed by atoms with Crippen molar-refractivity contribution in [3.8, 4) is 11.5 Å². The van der Waals surface area contributed by atoms with Crippen molar-refractivity contribution in [1.29, 1.82) is 0 Å². The van der Waals surface area contributed by atoms with Crippen LogP contribution in [0.5, 0.6) is 11.5 Å². The smallest absolute Gasteiger partial charge is 0.303 e. The van der Waals surface area contributed by atoms with E-state index in [4.69, 9.17) is 9.84 Å². The molecule has 3 nitrogen and oxygen atoms in total. The van der Waals surface area contributed by atoms with Crippen molar-refractivity contribution in [2.45, 2.75) is 26.2 Å². The third-order valence-corrected chi connectivity index (χ3v) is 3.35. The molecule has 0 fully saturated rings. The molecule has 0 spiro atoms. The zero-order chi connectivity index (χ0) is 15.1. The van der Waals surface area contributed by atoms with Crippen LogP contribution in [0.4, 0.5) is 0 Å². The van der Waals surface area contributed by atoms with Crippen LogP contribution in [-0.4, -0.2) is 11.1 Å². The highest BCUT2D eigenvalue weighted by atomic mass is 16.5. The molecule has 1 N–H and O–H groups in total. The normalized spacial score (nSPS) is 11.9. The molecule has 3 heteroatoms. The predicted molar refractivity (Wildman–Crippen MR) is 82.7 cm³/mol. The van der Waals surface area contributed by atoms with Crippen LogP contribution in [0.3, 0.4) is 0 Å². The fraction of sp³-hybridized carbons (Fsp3) is 0.278. The van der Waals surface area contributed by atoms with Crippen LogP contribution in [-0.2, 0) is 11.2 Å². The molecule has 0 aromatic heterocycles. The van der Waals surface area contributed by atoms with Crippen LogP contribution < -0.4 is 4.74 Å². The summed E-state index contributed by atoms with van der Waals surface area (Å²) < 4.78 is 5.73. The molecule has 110 valence electrons. The van der Waals surface area contributed by atoms with Gasteiger partial charge in [-0.2, -0.15) is 0 Å². The monoisotopic (exact) mass is 284 g/mol. The molecule has 21 heavy (non-hydrogen) atoms. The first-order chi connectivity index (χ1) is 10.1. The van der Waals surface area contributed by atoms with Crippen molar-refractivity contribution >= 4 is 5.97 Å². The summed E-state index contributed by atoms with van der Waals surface area (Å²) in [7, 11) is 0. The molecule has 0 unspecified atom stereocenters. The average molecular weight is 284 g/mol. The van der Waals surface area contributed by atoms with Crippen molar-refractivity contribution < 1.29 is 14.6 Å². The number of hydrogen-bond acceptors (Lipinski definition) is 2. The Hall–Kier alpha value is -2.29. The maximum Gasteiger partial charge on any atom is 0.303 e. The minimum atomic E-state index is -0.728. The number of carboxylic acid groups (broad SMARTS) is 1. The Morgan fingerprint density at radius 1 is 1.05 bits per heavy atom. The molecule has 0 saturated heterocycles. The first kappa shape index (κ1) is 15.1. The summed E-state index contributed by atoms with van der Waals surface area (Å²) in [6.07, 6.45) is 2.00. The molecule has 0 heterocycles. The van der Waals surface area contributed by atoms with E-state index in [9.17, 15) is 4.79 Å². The highest BCUT2D eigenvalue weighted by molar-refractivity contribution is 5.66. The Morgan fingerprint density at radius 2 is 1.67 bits per heavy atom. The number of carboxylic acids is 1. The highest BCUT2D eigenvalue weighted by Gasteiger charge is 2.07. The first-order valence-corrected chi connectivity index (χ1v) is 7.17. The third-order valence-electron chi connectivity index (χ3n) is 3.35. The summed E-state index contributed by atoms with van der Waals surface area (Å²) in [6, 6.07) is 17.6. The lowest BCUT2D eigenvalue weighted by atomic mass is 9.98. The minimum Gasteiger partial charge on any atom is -0.481 e. The lowest BCUT2D eigenvalue weighted by Gasteiger charge is -2.09. The summed E-state index contributed by atoms with van der Waals surface area (Å²) in [5.41, 5.74) is 1.20. The van der Waals surface area contributed by atoms with Crippen molar-refractivity contribution in [2.75, 3.05) is 0 Å². The number of aliphatic carboxylic acids is 1. The van der Waals surface area contributed by atoms with Gasteiger partial charge in [-0.25, -0.2) is 0 Å². The molecule has 0 aliphatic heterocycles. The van der Waals surface area contributed by atoms with Crippen molar-refractivity contribution in [3.05, 3.63) is 60.2 Å². The average Bonchev–Trinajstić information content (AvgIpc) is 2.47. The Morgan fingerprint density at radius 3 is 2.29 bits per heavy atom. The second-order valence-electron chi connectivity index (χ2n) is 5.30. The van der Waals surface area contributed by atoms with E-state index in [1.165, 1.54) is 5.56 Å². The van der Waals surface area contributed by atoms with Crippen molar-refractivity contribution in [2.24, 2.45) is 5.92 Å². The summed E-state index contributed by atoms with van der Waals surface area (Å²) in [5, 5.41) is 8.74. The van der Waals surface area contributed by atoms with Crippen LogP contribution in [0.1, 0.15) is 25.3 Å². The van der Waals surface area contributed by atoms with Crippen molar-refractivity contribution in [1.82, 2.24) is 0 Å². The van der Waals surface area contributed by atoms with E-state index in [-0.39, 0.29) is 12.3 Å². The number of aryl methyl sites for hydroxylation is 1. The number of para-hydroxylation sites is 1. The maximum atomic E-state index is 10.6. The fourth-order valence-corrected chi connectivity index (χ4v) is 2.16. The van der Waals surface area contributed by atoms with Crippen LogP contribution in [0.2, 0.25) is 0 Å². The van der Waals surface area contributed by atoms with Crippen LogP contribution in [0, 0.1) is 5.92 Å². The lowest BCUT2D eigenvalue weighted by molar-refractivity contribution is -0.138. The summed E-state index contributed by atoms with van der Waals surface area (Å²) >= 11 is 0. The van der Waals surface area contributed by atoms with Gasteiger partial charge in [0.25, 0.3) is 0 Å². The Balaban J connectivity index is 1.86. The summed E-state index contributed by atoms with van der Waals surface area (Å²) in [6.45, 7) is 1.97. The molecule has 2 aromatic carbocycles. The zero-order valence-electron chi connectivity index (χ0n) is 12.2. The molecule has 0 radical (unpaired) electrons. The van der Waals surface area contributed by atoms with E-state index in [2.05, 4.69) is 0 Å². The van der Waals surface area contributed by atoms with Gasteiger partial charge in [0.05, 0.1) is 0 Å². The van der Waals surface area contributed by atoms with E-state index >= 15 is 0 Å². The van der Waals surface area contributed by atoms with Gasteiger partial charge in [-0.15, -0.1) is 0 Å². The molecule has 2 aromatic rings. The third kappa shape index (κ3) is 5.30. The van der Waals surface area contributed by atoms with E-state index in [0.29, 0.717) is 0 Å². The van der Waals surface area contributed by atoms with Gasteiger partial charge in [-0.3, -0.25) is 4.79 Å². The second-order valence-corrected chi connectivity index (χ2v) is 5.30.